The smallest absolute Gasteiger partial charge is 0.0637 e. The minimum Gasteiger partial charge on any atom is -0.0826 e. The summed E-state index contributed by atoms with van der Waals surface area (Å²) in [6.45, 7) is 5.77. The average Bonchev–Trinajstić information content (AvgIpc) is 2.15. The molecular formula is C9H10Cl4. The normalized spacial score (nSPS) is 9.15. The van der Waals surface area contributed by atoms with Crippen LogP contribution in [0.2, 0.25) is 20.1 Å². The van der Waals surface area contributed by atoms with E-state index in [-0.39, 0.29) is 0 Å². The van der Waals surface area contributed by atoms with Crippen molar-refractivity contribution >= 4 is 46.4 Å². The van der Waals surface area contributed by atoms with Gasteiger partial charge in [-0.1, -0.05) is 60.3 Å². The number of hydrogen-bond donors (Lipinski definition) is 0. The summed E-state index contributed by atoms with van der Waals surface area (Å²) in [5.74, 6) is 0. The zero-order valence-corrected chi connectivity index (χ0v) is 10.6. The van der Waals surface area contributed by atoms with Gasteiger partial charge in [0.05, 0.1) is 20.1 Å². The molecule has 0 aliphatic carbocycles. The molecule has 0 unspecified atom stereocenters. The standard InChI is InChI=1S/C7H4Cl4.C2H6/c1-3-6(10)4(8)2-5(9)7(3)11;1-2/h2H,1H3;1-2H3. The Morgan fingerprint density at radius 1 is 0.846 bits per heavy atom. The van der Waals surface area contributed by atoms with E-state index in [1.165, 1.54) is 6.07 Å². The first-order chi connectivity index (χ1) is 6.04. The van der Waals surface area contributed by atoms with E-state index in [2.05, 4.69) is 0 Å². The third kappa shape index (κ3) is 3.21. The lowest BCUT2D eigenvalue weighted by atomic mass is 10.2. The SMILES string of the molecule is CC.Cc1c(Cl)c(Cl)cc(Cl)c1Cl. The van der Waals surface area contributed by atoms with Gasteiger partial charge in [-0.3, -0.25) is 0 Å². The largest absolute Gasteiger partial charge is 0.0826 e. The Hall–Kier alpha value is 0.380. The van der Waals surface area contributed by atoms with Gasteiger partial charge in [0, 0.05) is 0 Å². The van der Waals surface area contributed by atoms with Crippen molar-refractivity contribution < 1.29 is 0 Å². The van der Waals surface area contributed by atoms with E-state index in [1.54, 1.807) is 6.92 Å². The second-order valence-corrected chi connectivity index (χ2v) is 3.66. The molecule has 4 heteroatoms. The van der Waals surface area contributed by atoms with Crippen LogP contribution >= 0.6 is 46.4 Å². The van der Waals surface area contributed by atoms with E-state index in [1.807, 2.05) is 13.8 Å². The number of halogens is 4. The highest BCUT2D eigenvalue weighted by molar-refractivity contribution is 6.47. The zero-order valence-electron chi connectivity index (χ0n) is 7.59. The molecule has 0 aliphatic heterocycles. The molecule has 0 amide bonds. The molecule has 0 spiro atoms. The van der Waals surface area contributed by atoms with Crippen molar-refractivity contribution in [2.75, 3.05) is 0 Å². The predicted molar refractivity (Wildman–Crippen MR) is 62.6 cm³/mol. The molecule has 1 aromatic carbocycles. The molecule has 0 heterocycles. The lowest BCUT2D eigenvalue weighted by Gasteiger charge is -2.04. The van der Waals surface area contributed by atoms with E-state index >= 15 is 0 Å². The molecule has 0 N–H and O–H groups in total. The second-order valence-electron chi connectivity index (χ2n) is 2.09. The summed E-state index contributed by atoms with van der Waals surface area (Å²) in [6.07, 6.45) is 0. The van der Waals surface area contributed by atoms with E-state index in [0.717, 1.165) is 0 Å². The van der Waals surface area contributed by atoms with Crippen LogP contribution in [0.15, 0.2) is 6.07 Å². The summed E-state index contributed by atoms with van der Waals surface area (Å²) in [4.78, 5) is 0. The molecule has 0 saturated carbocycles. The van der Waals surface area contributed by atoms with Crippen LogP contribution < -0.4 is 0 Å². The molecule has 74 valence electrons. The maximum atomic E-state index is 5.78. The minimum absolute atomic E-state index is 0.429. The Labute approximate surface area is 98.7 Å². The summed E-state index contributed by atoms with van der Waals surface area (Å²) >= 11 is 23.0. The summed E-state index contributed by atoms with van der Waals surface area (Å²) in [5, 5.41) is 1.78. The van der Waals surface area contributed by atoms with Gasteiger partial charge < -0.3 is 0 Å². The van der Waals surface area contributed by atoms with Crippen LogP contribution in [0.4, 0.5) is 0 Å². The Morgan fingerprint density at radius 2 is 1.15 bits per heavy atom. The monoisotopic (exact) mass is 258 g/mol. The van der Waals surface area contributed by atoms with Crippen LogP contribution in [-0.4, -0.2) is 0 Å². The third-order valence-corrected chi connectivity index (χ3v) is 3.10. The number of benzene rings is 1. The van der Waals surface area contributed by atoms with Crippen LogP contribution in [0.5, 0.6) is 0 Å². The topological polar surface area (TPSA) is 0 Å². The first-order valence-corrected chi connectivity index (χ1v) is 5.35. The van der Waals surface area contributed by atoms with Crippen molar-refractivity contribution in [2.45, 2.75) is 20.8 Å². The fourth-order valence-electron chi connectivity index (χ4n) is 0.693. The average molecular weight is 260 g/mol. The lowest BCUT2D eigenvalue weighted by molar-refractivity contribution is 1.47. The molecular weight excluding hydrogens is 250 g/mol. The highest BCUT2D eigenvalue weighted by atomic mass is 35.5. The summed E-state index contributed by atoms with van der Waals surface area (Å²) < 4.78 is 0. The van der Waals surface area contributed by atoms with Crippen molar-refractivity contribution in [1.29, 1.82) is 0 Å². The lowest BCUT2D eigenvalue weighted by Crippen LogP contribution is -1.80. The van der Waals surface area contributed by atoms with E-state index < -0.39 is 0 Å². The Bertz CT molecular complexity index is 268. The molecule has 0 bridgehead atoms. The van der Waals surface area contributed by atoms with Crippen LogP contribution in [-0.2, 0) is 0 Å². The van der Waals surface area contributed by atoms with Gasteiger partial charge in [-0.25, -0.2) is 0 Å². The molecule has 1 aromatic rings. The molecule has 0 atom stereocenters. The van der Waals surface area contributed by atoms with Gasteiger partial charge in [0.2, 0.25) is 0 Å². The van der Waals surface area contributed by atoms with Crippen LogP contribution in [0.3, 0.4) is 0 Å². The van der Waals surface area contributed by atoms with Gasteiger partial charge in [-0.15, -0.1) is 0 Å². The predicted octanol–water partition coefficient (Wildman–Crippen LogP) is 5.63. The van der Waals surface area contributed by atoms with Crippen molar-refractivity contribution in [3.05, 3.63) is 31.7 Å². The molecule has 0 radical (unpaired) electrons. The van der Waals surface area contributed by atoms with E-state index in [9.17, 15) is 0 Å². The van der Waals surface area contributed by atoms with Gasteiger partial charge in [0.25, 0.3) is 0 Å². The van der Waals surface area contributed by atoms with Crippen LogP contribution in [0, 0.1) is 6.92 Å². The molecule has 0 saturated heterocycles. The highest BCUT2D eigenvalue weighted by Gasteiger charge is 2.08. The third-order valence-electron chi connectivity index (χ3n) is 1.33. The summed E-state index contributed by atoms with van der Waals surface area (Å²) in [6, 6.07) is 1.53. The summed E-state index contributed by atoms with van der Waals surface area (Å²) in [5.41, 5.74) is 0.714. The van der Waals surface area contributed by atoms with Crippen LogP contribution in [0.25, 0.3) is 0 Å². The quantitative estimate of drug-likeness (QED) is 0.530. The van der Waals surface area contributed by atoms with Gasteiger partial charge in [-0.05, 0) is 18.6 Å². The van der Waals surface area contributed by atoms with Crippen molar-refractivity contribution in [1.82, 2.24) is 0 Å². The fourth-order valence-corrected chi connectivity index (χ4v) is 1.60. The molecule has 13 heavy (non-hydrogen) atoms. The molecule has 0 aromatic heterocycles. The minimum atomic E-state index is 0.429. The first-order valence-electron chi connectivity index (χ1n) is 3.83. The van der Waals surface area contributed by atoms with Crippen molar-refractivity contribution in [3.63, 3.8) is 0 Å². The van der Waals surface area contributed by atoms with Crippen molar-refractivity contribution in [2.24, 2.45) is 0 Å². The Morgan fingerprint density at radius 3 is 1.46 bits per heavy atom. The highest BCUT2D eigenvalue weighted by Crippen LogP contribution is 2.36. The van der Waals surface area contributed by atoms with Crippen LogP contribution in [0.1, 0.15) is 19.4 Å². The maximum Gasteiger partial charge on any atom is 0.0637 e. The zero-order chi connectivity index (χ0) is 10.6. The molecule has 0 aliphatic rings. The summed E-state index contributed by atoms with van der Waals surface area (Å²) in [7, 11) is 0. The molecule has 0 nitrogen and oxygen atoms in total. The first kappa shape index (κ1) is 13.4. The van der Waals surface area contributed by atoms with Gasteiger partial charge in [0.15, 0.2) is 0 Å². The van der Waals surface area contributed by atoms with E-state index in [0.29, 0.717) is 25.7 Å². The van der Waals surface area contributed by atoms with Gasteiger partial charge >= 0.3 is 0 Å². The number of hydrogen-bond acceptors (Lipinski definition) is 0. The van der Waals surface area contributed by atoms with Crippen molar-refractivity contribution in [3.8, 4) is 0 Å². The van der Waals surface area contributed by atoms with Gasteiger partial charge in [-0.2, -0.15) is 0 Å². The molecule has 0 fully saturated rings. The fraction of sp³-hybridized carbons (Fsp3) is 0.333. The molecule has 1 rings (SSSR count). The Kier molecular flexibility index (Phi) is 6.15. The maximum absolute atomic E-state index is 5.78. The Balaban J connectivity index is 0.000000671. The second kappa shape index (κ2) is 5.98. The number of rotatable bonds is 0. The van der Waals surface area contributed by atoms with Gasteiger partial charge in [0.1, 0.15) is 0 Å². The van der Waals surface area contributed by atoms with E-state index in [4.69, 9.17) is 46.4 Å².